The van der Waals surface area contributed by atoms with Gasteiger partial charge in [-0.2, -0.15) is 0 Å². The zero-order chi connectivity index (χ0) is 20.6. The van der Waals surface area contributed by atoms with Gasteiger partial charge in [-0.25, -0.2) is 0 Å². The Hall–Kier alpha value is -2.99. The molecule has 6 heteroatoms. The lowest BCUT2D eigenvalue weighted by Gasteiger charge is -2.31. The first kappa shape index (κ1) is 20.7. The van der Waals surface area contributed by atoms with E-state index in [1.807, 2.05) is 41.3 Å². The van der Waals surface area contributed by atoms with Gasteiger partial charge in [0.05, 0.1) is 47.5 Å². The summed E-state index contributed by atoms with van der Waals surface area (Å²) in [7, 11) is 4.90. The number of ether oxygens (including phenoxy) is 3. The fourth-order valence-corrected chi connectivity index (χ4v) is 3.45. The van der Waals surface area contributed by atoms with Crippen molar-refractivity contribution < 1.29 is 23.9 Å². The minimum Gasteiger partial charge on any atom is -0.497 e. The minimum absolute atomic E-state index is 0.0373. The molecule has 0 saturated carbocycles. The van der Waals surface area contributed by atoms with Crippen LogP contribution in [0.15, 0.2) is 48.5 Å². The lowest BCUT2D eigenvalue weighted by atomic mass is 10.1. The first-order chi connectivity index (χ1) is 14.1. The van der Waals surface area contributed by atoms with Crippen molar-refractivity contribution in [3.05, 3.63) is 59.7 Å². The van der Waals surface area contributed by atoms with Crippen LogP contribution in [0.4, 0.5) is 0 Å². The molecule has 2 aromatic rings. The molecule has 0 unspecified atom stereocenters. The Bertz CT molecular complexity index is 818. The Balaban J connectivity index is 1.52. The zero-order valence-electron chi connectivity index (χ0n) is 17.3. The summed E-state index contributed by atoms with van der Waals surface area (Å²) in [4.78, 5) is 16.0. The van der Waals surface area contributed by atoms with Gasteiger partial charge in [-0.15, -0.1) is 0 Å². The number of amides is 1. The number of benzene rings is 2. The molecule has 1 amide bonds. The number of rotatable bonds is 7. The molecule has 1 heterocycles. The fourth-order valence-electron chi connectivity index (χ4n) is 3.45. The van der Waals surface area contributed by atoms with E-state index in [1.165, 1.54) is 10.5 Å². The lowest BCUT2D eigenvalue weighted by Crippen LogP contribution is -3.13. The number of carbonyl (C=O) groups excluding carboxylic acids is 1. The monoisotopic (exact) mass is 397 g/mol. The summed E-state index contributed by atoms with van der Waals surface area (Å²) in [5, 5.41) is 0. The standard InChI is InChI=1S/C23H28N2O4/c1-27-20-7-4-18(5-8-20)17-24-10-12-25(13-11-24)23(26)9-6-19-14-21(28-2)16-22(15-19)29-3/h4-9,14-16H,10-13,17H2,1-3H3/p+1/b9-6+. The van der Waals surface area contributed by atoms with Crippen molar-refractivity contribution in [2.24, 2.45) is 0 Å². The Kier molecular flexibility index (Phi) is 7.14. The van der Waals surface area contributed by atoms with Crippen molar-refractivity contribution in [2.75, 3.05) is 47.5 Å². The molecule has 2 aromatic carbocycles. The normalized spacial score (nSPS) is 14.8. The summed E-state index contributed by atoms with van der Waals surface area (Å²) >= 11 is 0. The molecule has 1 fully saturated rings. The number of nitrogens with one attached hydrogen (secondary N) is 1. The SMILES string of the molecule is COc1ccc(C[NH+]2CCN(C(=O)/C=C/c3cc(OC)cc(OC)c3)CC2)cc1. The van der Waals surface area contributed by atoms with Gasteiger partial charge in [0.15, 0.2) is 0 Å². The van der Waals surface area contributed by atoms with Crippen molar-refractivity contribution >= 4 is 12.0 Å². The molecule has 3 rings (SSSR count). The van der Waals surface area contributed by atoms with Gasteiger partial charge in [-0.1, -0.05) is 0 Å². The summed E-state index contributed by atoms with van der Waals surface area (Å²) in [6, 6.07) is 13.8. The highest BCUT2D eigenvalue weighted by molar-refractivity contribution is 5.92. The molecule has 29 heavy (non-hydrogen) atoms. The molecule has 6 nitrogen and oxygen atoms in total. The summed E-state index contributed by atoms with van der Waals surface area (Å²) in [5.41, 5.74) is 2.16. The van der Waals surface area contributed by atoms with Crippen LogP contribution in [0.1, 0.15) is 11.1 Å². The average Bonchev–Trinajstić information content (AvgIpc) is 2.78. The molecule has 0 spiro atoms. The fraction of sp³-hybridized carbons (Fsp3) is 0.348. The van der Waals surface area contributed by atoms with Crippen LogP contribution in [0, 0.1) is 0 Å². The maximum absolute atomic E-state index is 12.6. The molecule has 1 aliphatic rings. The van der Waals surface area contributed by atoms with Gasteiger partial charge >= 0.3 is 0 Å². The van der Waals surface area contributed by atoms with E-state index in [0.29, 0.717) is 11.5 Å². The van der Waals surface area contributed by atoms with E-state index < -0.39 is 0 Å². The smallest absolute Gasteiger partial charge is 0.246 e. The molecule has 1 aliphatic heterocycles. The van der Waals surface area contributed by atoms with Crippen LogP contribution in [0.3, 0.4) is 0 Å². The topological polar surface area (TPSA) is 52.4 Å². The maximum Gasteiger partial charge on any atom is 0.246 e. The highest BCUT2D eigenvalue weighted by atomic mass is 16.5. The predicted octanol–water partition coefficient (Wildman–Crippen LogP) is 1.65. The zero-order valence-corrected chi connectivity index (χ0v) is 17.3. The van der Waals surface area contributed by atoms with Gasteiger partial charge in [0.2, 0.25) is 5.91 Å². The van der Waals surface area contributed by atoms with Gasteiger partial charge < -0.3 is 24.0 Å². The van der Waals surface area contributed by atoms with E-state index in [9.17, 15) is 4.79 Å². The van der Waals surface area contributed by atoms with Crippen molar-refractivity contribution in [3.8, 4) is 17.2 Å². The molecule has 0 aliphatic carbocycles. The van der Waals surface area contributed by atoms with E-state index >= 15 is 0 Å². The Morgan fingerprint density at radius 2 is 1.52 bits per heavy atom. The number of quaternary nitrogens is 1. The second-order valence-corrected chi connectivity index (χ2v) is 7.08. The first-order valence-electron chi connectivity index (χ1n) is 9.78. The van der Waals surface area contributed by atoms with Gasteiger partial charge in [-0.05, 0) is 48.0 Å². The molecule has 0 aromatic heterocycles. The molecular formula is C23H29N2O4+. The van der Waals surface area contributed by atoms with Crippen molar-refractivity contribution in [3.63, 3.8) is 0 Å². The molecular weight excluding hydrogens is 368 g/mol. The highest BCUT2D eigenvalue weighted by Gasteiger charge is 2.22. The quantitative estimate of drug-likeness (QED) is 0.722. The van der Waals surface area contributed by atoms with Gasteiger partial charge in [0, 0.05) is 17.7 Å². The molecule has 0 atom stereocenters. The van der Waals surface area contributed by atoms with Crippen LogP contribution in [-0.2, 0) is 11.3 Å². The third kappa shape index (κ3) is 5.74. The largest absolute Gasteiger partial charge is 0.497 e. The molecule has 0 radical (unpaired) electrons. The Labute approximate surface area is 172 Å². The molecule has 1 N–H and O–H groups in total. The maximum atomic E-state index is 12.6. The summed E-state index contributed by atoms with van der Waals surface area (Å²) < 4.78 is 15.8. The van der Waals surface area contributed by atoms with Crippen LogP contribution in [0.25, 0.3) is 6.08 Å². The summed E-state index contributed by atoms with van der Waals surface area (Å²) in [6.45, 7) is 4.37. The van der Waals surface area contributed by atoms with Crippen molar-refractivity contribution in [2.45, 2.75) is 6.54 Å². The third-order valence-corrected chi connectivity index (χ3v) is 5.19. The van der Waals surface area contributed by atoms with Crippen LogP contribution in [-0.4, -0.2) is 58.3 Å². The number of carbonyl (C=O) groups is 1. The molecule has 0 bridgehead atoms. The molecule has 1 saturated heterocycles. The van der Waals surface area contributed by atoms with E-state index in [0.717, 1.165) is 44.0 Å². The van der Waals surface area contributed by atoms with E-state index in [1.54, 1.807) is 27.4 Å². The number of piperazine rings is 1. The minimum atomic E-state index is 0.0373. The second kappa shape index (κ2) is 9.98. The highest BCUT2D eigenvalue weighted by Crippen LogP contribution is 2.23. The summed E-state index contributed by atoms with van der Waals surface area (Å²) in [6.07, 6.45) is 3.44. The summed E-state index contributed by atoms with van der Waals surface area (Å²) in [5.74, 6) is 2.31. The first-order valence-corrected chi connectivity index (χ1v) is 9.78. The van der Waals surface area contributed by atoms with Gasteiger partial charge in [0.25, 0.3) is 0 Å². The number of methoxy groups -OCH3 is 3. The van der Waals surface area contributed by atoms with Gasteiger partial charge in [0.1, 0.15) is 23.8 Å². The van der Waals surface area contributed by atoms with Gasteiger partial charge in [-0.3, -0.25) is 4.79 Å². The van der Waals surface area contributed by atoms with Crippen LogP contribution < -0.4 is 19.1 Å². The van der Waals surface area contributed by atoms with E-state index in [-0.39, 0.29) is 5.91 Å². The van der Waals surface area contributed by atoms with Crippen molar-refractivity contribution in [1.29, 1.82) is 0 Å². The third-order valence-electron chi connectivity index (χ3n) is 5.19. The average molecular weight is 397 g/mol. The van der Waals surface area contributed by atoms with Crippen LogP contribution in [0.2, 0.25) is 0 Å². The lowest BCUT2D eigenvalue weighted by molar-refractivity contribution is -0.917. The van der Waals surface area contributed by atoms with Crippen LogP contribution >= 0.6 is 0 Å². The molecule has 154 valence electrons. The Morgan fingerprint density at radius 1 is 0.931 bits per heavy atom. The predicted molar refractivity (Wildman–Crippen MR) is 113 cm³/mol. The van der Waals surface area contributed by atoms with Crippen LogP contribution in [0.5, 0.6) is 17.2 Å². The number of hydrogen-bond donors (Lipinski definition) is 1. The van der Waals surface area contributed by atoms with Crippen molar-refractivity contribution in [1.82, 2.24) is 4.90 Å². The Morgan fingerprint density at radius 3 is 2.07 bits per heavy atom. The number of nitrogens with zero attached hydrogens (tertiary/aromatic N) is 1. The number of hydrogen-bond acceptors (Lipinski definition) is 4. The second-order valence-electron chi connectivity index (χ2n) is 7.08. The van der Waals surface area contributed by atoms with E-state index in [4.69, 9.17) is 14.2 Å². The van der Waals surface area contributed by atoms with E-state index in [2.05, 4.69) is 12.1 Å².